The molecule has 0 saturated carbocycles. The van der Waals surface area contributed by atoms with E-state index in [1.165, 1.54) is 81.0 Å². The summed E-state index contributed by atoms with van der Waals surface area (Å²) in [7, 11) is 0. The molecule has 0 saturated heterocycles. The van der Waals surface area contributed by atoms with Gasteiger partial charge in [0.25, 0.3) is 0 Å². The van der Waals surface area contributed by atoms with Crippen LogP contribution >= 0.6 is 11.3 Å². The van der Waals surface area contributed by atoms with E-state index in [4.69, 9.17) is 0 Å². The van der Waals surface area contributed by atoms with Crippen LogP contribution in [0.15, 0.2) is 127 Å². The second-order valence-electron chi connectivity index (χ2n) is 13.4. The van der Waals surface area contributed by atoms with Gasteiger partial charge in [-0.2, -0.15) is 0 Å². The standard InChI is InChI=1S/C42H33NS/c1-41(2)33-14-8-5-13-31(33)39-34(42(41,3)4)22-24-38-40(39)32-25-27(19-23-37(32)44-38)26-17-20-28(21-18-26)43-35-15-9-6-11-29(35)30-12-7-10-16-36(30)43/h5-25H,1-4H3. The maximum absolute atomic E-state index is 2.43. The van der Waals surface area contributed by atoms with Crippen LogP contribution in [0.1, 0.15) is 38.8 Å². The Hall–Kier alpha value is -4.66. The highest BCUT2D eigenvalue weighted by Gasteiger charge is 2.46. The van der Waals surface area contributed by atoms with Crippen molar-refractivity contribution in [2.24, 2.45) is 0 Å². The molecule has 2 aromatic heterocycles. The molecule has 2 heteroatoms. The zero-order chi connectivity index (χ0) is 29.8. The van der Waals surface area contributed by atoms with Crippen LogP contribution in [0.25, 0.3) is 69.9 Å². The van der Waals surface area contributed by atoms with Crippen molar-refractivity contribution in [2.75, 3.05) is 0 Å². The summed E-state index contributed by atoms with van der Waals surface area (Å²) in [6.45, 7) is 9.66. The summed E-state index contributed by atoms with van der Waals surface area (Å²) < 4.78 is 5.10. The van der Waals surface area contributed by atoms with Gasteiger partial charge < -0.3 is 4.57 Å². The molecule has 0 aliphatic heterocycles. The van der Waals surface area contributed by atoms with Gasteiger partial charge in [0.05, 0.1) is 11.0 Å². The first kappa shape index (κ1) is 25.8. The Labute approximate surface area is 262 Å². The minimum absolute atomic E-state index is 0.000608. The van der Waals surface area contributed by atoms with Gasteiger partial charge in [-0.25, -0.2) is 0 Å². The van der Waals surface area contributed by atoms with E-state index in [0.717, 1.165) is 0 Å². The number of hydrogen-bond acceptors (Lipinski definition) is 1. The third-order valence-corrected chi connectivity index (χ3v) is 11.9. The lowest BCUT2D eigenvalue weighted by atomic mass is 9.55. The molecule has 0 amide bonds. The average Bonchev–Trinajstić information content (AvgIpc) is 3.59. The molecule has 2 heterocycles. The van der Waals surface area contributed by atoms with Crippen LogP contribution in [0.2, 0.25) is 0 Å². The molecule has 8 aromatic rings. The molecule has 0 radical (unpaired) electrons. The van der Waals surface area contributed by atoms with Crippen LogP contribution in [0.5, 0.6) is 0 Å². The van der Waals surface area contributed by atoms with Gasteiger partial charge in [0.15, 0.2) is 0 Å². The van der Waals surface area contributed by atoms with E-state index in [9.17, 15) is 0 Å². The normalized spacial score (nSPS) is 15.2. The second-order valence-corrected chi connectivity index (χ2v) is 14.5. The van der Waals surface area contributed by atoms with Crippen molar-refractivity contribution in [1.29, 1.82) is 0 Å². The van der Waals surface area contributed by atoms with Crippen molar-refractivity contribution >= 4 is 53.3 Å². The Morgan fingerprint density at radius 2 is 1.09 bits per heavy atom. The molecule has 212 valence electrons. The Morgan fingerprint density at radius 1 is 0.500 bits per heavy atom. The van der Waals surface area contributed by atoms with Gasteiger partial charge in [-0.15, -0.1) is 11.3 Å². The van der Waals surface area contributed by atoms with Crippen molar-refractivity contribution in [1.82, 2.24) is 4.57 Å². The Morgan fingerprint density at radius 3 is 1.82 bits per heavy atom. The van der Waals surface area contributed by atoms with E-state index < -0.39 is 0 Å². The number of benzene rings is 6. The number of hydrogen-bond donors (Lipinski definition) is 0. The monoisotopic (exact) mass is 583 g/mol. The molecule has 0 unspecified atom stereocenters. The van der Waals surface area contributed by atoms with Gasteiger partial charge in [0.2, 0.25) is 0 Å². The maximum Gasteiger partial charge on any atom is 0.0541 e. The van der Waals surface area contributed by atoms with Gasteiger partial charge >= 0.3 is 0 Å². The molecular formula is C42H33NS. The van der Waals surface area contributed by atoms with Crippen LogP contribution in [-0.4, -0.2) is 4.57 Å². The third-order valence-electron chi connectivity index (χ3n) is 10.8. The van der Waals surface area contributed by atoms with Gasteiger partial charge in [-0.3, -0.25) is 0 Å². The molecule has 44 heavy (non-hydrogen) atoms. The smallest absolute Gasteiger partial charge is 0.0541 e. The van der Waals surface area contributed by atoms with Gasteiger partial charge in [-0.1, -0.05) is 113 Å². The lowest BCUT2D eigenvalue weighted by Crippen LogP contribution is -2.43. The number of para-hydroxylation sites is 2. The van der Waals surface area contributed by atoms with E-state index in [1.54, 1.807) is 0 Å². The largest absolute Gasteiger partial charge is 0.309 e. The van der Waals surface area contributed by atoms with Gasteiger partial charge in [-0.05, 0) is 86.7 Å². The highest BCUT2D eigenvalue weighted by molar-refractivity contribution is 7.26. The molecule has 0 N–H and O–H groups in total. The highest BCUT2D eigenvalue weighted by atomic mass is 32.1. The first-order chi connectivity index (χ1) is 21.3. The summed E-state index contributed by atoms with van der Waals surface area (Å²) in [5, 5.41) is 5.34. The van der Waals surface area contributed by atoms with E-state index in [-0.39, 0.29) is 10.8 Å². The number of aromatic nitrogens is 1. The quantitative estimate of drug-likeness (QED) is 0.191. The SMILES string of the molecule is CC1(C)c2ccccc2-c2c(ccc3sc4ccc(-c5ccc(-n6c7ccccc7c7ccccc76)cc5)cc4c23)C1(C)C. The fourth-order valence-corrected chi connectivity index (χ4v) is 8.87. The minimum Gasteiger partial charge on any atom is -0.309 e. The van der Waals surface area contributed by atoms with E-state index in [2.05, 4.69) is 160 Å². The summed E-state index contributed by atoms with van der Waals surface area (Å²) in [6.07, 6.45) is 0. The second kappa shape index (κ2) is 8.94. The van der Waals surface area contributed by atoms with Crippen LogP contribution in [0, 0.1) is 0 Å². The first-order valence-corrected chi connectivity index (χ1v) is 16.3. The summed E-state index contributed by atoms with van der Waals surface area (Å²) >= 11 is 1.91. The average molecular weight is 584 g/mol. The Balaban J connectivity index is 1.22. The minimum atomic E-state index is -0.000608. The predicted octanol–water partition coefficient (Wildman–Crippen LogP) is 12.1. The molecule has 0 atom stereocenters. The van der Waals surface area contributed by atoms with Gasteiger partial charge in [0.1, 0.15) is 0 Å². The molecular weight excluding hydrogens is 551 g/mol. The van der Waals surface area contributed by atoms with E-state index >= 15 is 0 Å². The topological polar surface area (TPSA) is 4.93 Å². The lowest BCUT2D eigenvalue weighted by molar-refractivity contribution is 0.299. The number of fused-ring (bicyclic) bond motifs is 10. The zero-order valence-corrected chi connectivity index (χ0v) is 26.3. The molecule has 6 aromatic carbocycles. The zero-order valence-electron chi connectivity index (χ0n) is 25.5. The Kier molecular flexibility index (Phi) is 5.24. The number of nitrogens with zero attached hydrogens (tertiary/aromatic N) is 1. The number of thiophene rings is 1. The summed E-state index contributed by atoms with van der Waals surface area (Å²) in [6, 6.07) is 47.4. The maximum atomic E-state index is 2.43. The van der Waals surface area contributed by atoms with E-state index in [0.29, 0.717) is 0 Å². The lowest BCUT2D eigenvalue weighted by Gasteiger charge is -2.48. The van der Waals surface area contributed by atoms with Crippen molar-refractivity contribution in [2.45, 2.75) is 38.5 Å². The fourth-order valence-electron chi connectivity index (χ4n) is 7.77. The first-order valence-electron chi connectivity index (χ1n) is 15.5. The van der Waals surface area contributed by atoms with Crippen molar-refractivity contribution in [3.8, 4) is 27.9 Å². The van der Waals surface area contributed by atoms with Crippen LogP contribution < -0.4 is 0 Å². The molecule has 0 bridgehead atoms. The third kappa shape index (κ3) is 3.35. The van der Waals surface area contributed by atoms with Crippen molar-refractivity contribution in [3.05, 3.63) is 139 Å². The van der Waals surface area contributed by atoms with E-state index in [1.807, 2.05) is 11.3 Å². The molecule has 1 nitrogen and oxygen atoms in total. The molecule has 9 rings (SSSR count). The fraction of sp³-hybridized carbons (Fsp3) is 0.143. The van der Waals surface area contributed by atoms with Crippen LogP contribution in [-0.2, 0) is 10.8 Å². The molecule has 1 aliphatic carbocycles. The van der Waals surface area contributed by atoms with Gasteiger partial charge in [0, 0.05) is 36.6 Å². The summed E-state index contributed by atoms with van der Waals surface area (Å²) in [5.74, 6) is 0. The van der Waals surface area contributed by atoms with Crippen molar-refractivity contribution < 1.29 is 0 Å². The number of rotatable bonds is 2. The summed E-state index contributed by atoms with van der Waals surface area (Å²) in [4.78, 5) is 0. The molecule has 0 fully saturated rings. The Bertz CT molecular complexity index is 2380. The highest BCUT2D eigenvalue weighted by Crippen LogP contribution is 2.57. The van der Waals surface area contributed by atoms with Crippen LogP contribution in [0.3, 0.4) is 0 Å². The molecule has 0 spiro atoms. The molecule has 1 aliphatic rings. The van der Waals surface area contributed by atoms with Crippen LogP contribution in [0.4, 0.5) is 0 Å². The van der Waals surface area contributed by atoms with Crippen molar-refractivity contribution in [3.63, 3.8) is 0 Å². The summed E-state index contributed by atoms with van der Waals surface area (Å²) in [5.41, 5.74) is 11.9. The predicted molar refractivity (Wildman–Crippen MR) is 191 cm³/mol.